The molecule has 1 aliphatic heterocycles. The molecule has 2 aliphatic rings. The molecule has 2 heterocycles. The third-order valence-corrected chi connectivity index (χ3v) is 6.43. The molecule has 3 rings (SSSR count). The Kier molecular flexibility index (Phi) is 6.66. The lowest BCUT2D eigenvalue weighted by atomic mass is 9.86. The average molecular weight is 398 g/mol. The molecule has 0 unspecified atom stereocenters. The highest BCUT2D eigenvalue weighted by atomic mass is 32.1. The highest BCUT2D eigenvalue weighted by Crippen LogP contribution is 2.26. The van der Waals surface area contributed by atoms with Crippen molar-refractivity contribution in [3.8, 4) is 0 Å². The standard InChI is InChI=1S/C17H27N5O2S2/c1-11-5-3-4-6-13(11)19-16(25)21-20-15(23)14-12(2)18-17(26-14)22-7-9-24-10-8-22/h11,13H,3-10H2,1-2H3,(H,20,23)(H2,19,21,25)/t11-,13+/m1/s1. The number of carbonyl (C=O) groups is 1. The maximum Gasteiger partial charge on any atom is 0.281 e. The summed E-state index contributed by atoms with van der Waals surface area (Å²) in [6, 6.07) is 0.374. The Morgan fingerprint density at radius 3 is 2.73 bits per heavy atom. The fraction of sp³-hybridized carbons (Fsp3) is 0.706. The van der Waals surface area contributed by atoms with E-state index in [1.54, 1.807) is 0 Å². The van der Waals surface area contributed by atoms with Crippen LogP contribution in [0.3, 0.4) is 0 Å². The van der Waals surface area contributed by atoms with E-state index in [1.165, 1.54) is 30.6 Å². The summed E-state index contributed by atoms with van der Waals surface area (Å²) < 4.78 is 5.37. The molecule has 1 aliphatic carbocycles. The Morgan fingerprint density at radius 1 is 1.27 bits per heavy atom. The van der Waals surface area contributed by atoms with Gasteiger partial charge in [-0.15, -0.1) is 0 Å². The zero-order chi connectivity index (χ0) is 18.5. The lowest BCUT2D eigenvalue weighted by Crippen LogP contribution is -2.51. The van der Waals surface area contributed by atoms with Crippen molar-refractivity contribution in [1.29, 1.82) is 0 Å². The molecule has 1 aromatic rings. The lowest BCUT2D eigenvalue weighted by Gasteiger charge is -2.30. The summed E-state index contributed by atoms with van der Waals surface area (Å²) in [6.45, 7) is 7.10. The number of nitrogens with one attached hydrogen (secondary N) is 3. The van der Waals surface area contributed by atoms with E-state index in [2.05, 4.69) is 33.0 Å². The Balaban J connectivity index is 1.51. The van der Waals surface area contributed by atoms with Gasteiger partial charge in [0.1, 0.15) is 4.88 Å². The second-order valence-corrected chi connectivity index (χ2v) is 8.32. The van der Waals surface area contributed by atoms with Crippen molar-refractivity contribution >= 4 is 39.7 Å². The van der Waals surface area contributed by atoms with Crippen LogP contribution in [0.2, 0.25) is 0 Å². The minimum atomic E-state index is -0.208. The number of morpholine rings is 1. The molecular weight excluding hydrogens is 370 g/mol. The van der Waals surface area contributed by atoms with E-state index in [9.17, 15) is 4.79 Å². The SMILES string of the molecule is Cc1nc(N2CCOCC2)sc1C(=O)NNC(=S)N[C@H]1CCCC[C@H]1C. The molecule has 1 aromatic heterocycles. The van der Waals surface area contributed by atoms with Gasteiger partial charge in [0.2, 0.25) is 0 Å². The number of nitrogens with zero attached hydrogens (tertiary/aromatic N) is 2. The molecule has 2 atom stereocenters. The third-order valence-electron chi connectivity index (χ3n) is 4.99. The zero-order valence-corrected chi connectivity index (χ0v) is 17.0. The second-order valence-electron chi connectivity index (χ2n) is 6.93. The van der Waals surface area contributed by atoms with Crippen LogP contribution >= 0.6 is 23.6 Å². The molecule has 144 valence electrons. The normalized spacial score (nSPS) is 23.4. The number of hydrogen-bond acceptors (Lipinski definition) is 6. The van der Waals surface area contributed by atoms with Gasteiger partial charge in [0.15, 0.2) is 10.2 Å². The van der Waals surface area contributed by atoms with Gasteiger partial charge in [-0.2, -0.15) is 0 Å². The lowest BCUT2D eigenvalue weighted by molar-refractivity contribution is 0.0946. The van der Waals surface area contributed by atoms with Crippen molar-refractivity contribution in [2.24, 2.45) is 5.92 Å². The Labute approximate surface area is 163 Å². The molecule has 0 spiro atoms. The van der Waals surface area contributed by atoms with Gasteiger partial charge in [-0.1, -0.05) is 31.1 Å². The summed E-state index contributed by atoms with van der Waals surface area (Å²) in [6.07, 6.45) is 4.85. The van der Waals surface area contributed by atoms with E-state index >= 15 is 0 Å². The number of aryl methyl sites for hydroxylation is 1. The van der Waals surface area contributed by atoms with Crippen LogP contribution in [0, 0.1) is 12.8 Å². The molecule has 1 amide bonds. The molecule has 0 radical (unpaired) electrons. The maximum atomic E-state index is 12.5. The van der Waals surface area contributed by atoms with Gasteiger partial charge >= 0.3 is 0 Å². The number of thiocarbonyl (C=S) groups is 1. The largest absolute Gasteiger partial charge is 0.378 e. The third kappa shape index (κ3) is 4.83. The number of hydrazine groups is 1. The number of ether oxygens (including phenoxy) is 1. The van der Waals surface area contributed by atoms with Crippen molar-refractivity contribution in [3.63, 3.8) is 0 Å². The van der Waals surface area contributed by atoms with Gasteiger partial charge in [-0.05, 0) is 37.9 Å². The molecule has 0 aromatic carbocycles. The monoisotopic (exact) mass is 397 g/mol. The molecule has 2 fully saturated rings. The second kappa shape index (κ2) is 8.96. The van der Waals surface area contributed by atoms with E-state index in [-0.39, 0.29) is 5.91 Å². The van der Waals surface area contributed by atoms with Crippen LogP contribution < -0.4 is 21.1 Å². The topological polar surface area (TPSA) is 78.5 Å². The van der Waals surface area contributed by atoms with Crippen LogP contribution in [-0.2, 0) is 4.74 Å². The zero-order valence-electron chi connectivity index (χ0n) is 15.3. The van der Waals surface area contributed by atoms with Crippen molar-refractivity contribution in [2.75, 3.05) is 31.2 Å². The summed E-state index contributed by atoms with van der Waals surface area (Å²) in [5.41, 5.74) is 6.26. The number of rotatable bonds is 3. The first-order chi connectivity index (χ1) is 12.5. The number of hydrogen-bond donors (Lipinski definition) is 3. The van der Waals surface area contributed by atoms with Gasteiger partial charge in [0, 0.05) is 19.1 Å². The highest BCUT2D eigenvalue weighted by Gasteiger charge is 2.23. The van der Waals surface area contributed by atoms with E-state index in [0.29, 0.717) is 35.2 Å². The molecular formula is C17H27N5O2S2. The van der Waals surface area contributed by atoms with E-state index in [1.807, 2.05) is 6.92 Å². The fourth-order valence-electron chi connectivity index (χ4n) is 3.39. The predicted octanol–water partition coefficient (Wildman–Crippen LogP) is 1.98. The van der Waals surface area contributed by atoms with Crippen LogP contribution in [0.4, 0.5) is 5.13 Å². The summed E-state index contributed by atoms with van der Waals surface area (Å²) in [7, 11) is 0. The van der Waals surface area contributed by atoms with Crippen LogP contribution in [0.5, 0.6) is 0 Å². The van der Waals surface area contributed by atoms with Crippen molar-refractivity contribution in [2.45, 2.75) is 45.6 Å². The molecule has 0 bridgehead atoms. The van der Waals surface area contributed by atoms with E-state index in [0.717, 1.165) is 30.3 Å². The number of thiazole rings is 1. The number of amides is 1. The smallest absolute Gasteiger partial charge is 0.281 e. The van der Waals surface area contributed by atoms with Gasteiger partial charge in [0.25, 0.3) is 5.91 Å². The number of carbonyl (C=O) groups excluding carboxylic acids is 1. The van der Waals surface area contributed by atoms with Gasteiger partial charge < -0.3 is 15.0 Å². The van der Waals surface area contributed by atoms with Crippen molar-refractivity contribution in [3.05, 3.63) is 10.6 Å². The van der Waals surface area contributed by atoms with Crippen molar-refractivity contribution < 1.29 is 9.53 Å². The summed E-state index contributed by atoms with van der Waals surface area (Å²) >= 11 is 6.73. The van der Waals surface area contributed by atoms with Crippen LogP contribution in [0.25, 0.3) is 0 Å². The maximum absolute atomic E-state index is 12.5. The first-order valence-electron chi connectivity index (χ1n) is 9.21. The molecule has 26 heavy (non-hydrogen) atoms. The average Bonchev–Trinajstić information content (AvgIpc) is 3.04. The summed E-state index contributed by atoms with van der Waals surface area (Å²) in [4.78, 5) is 19.8. The Bertz CT molecular complexity index is 645. The van der Waals surface area contributed by atoms with Gasteiger partial charge in [0.05, 0.1) is 18.9 Å². The first kappa shape index (κ1) is 19.3. The first-order valence-corrected chi connectivity index (χ1v) is 10.4. The fourth-order valence-corrected chi connectivity index (χ4v) is 4.60. The Morgan fingerprint density at radius 2 is 2.00 bits per heavy atom. The van der Waals surface area contributed by atoms with Gasteiger partial charge in [-0.3, -0.25) is 15.6 Å². The molecule has 3 N–H and O–H groups in total. The summed E-state index contributed by atoms with van der Waals surface area (Å²) in [5, 5.41) is 4.65. The quantitative estimate of drug-likeness (QED) is 0.532. The minimum Gasteiger partial charge on any atom is -0.378 e. The van der Waals surface area contributed by atoms with Gasteiger partial charge in [-0.25, -0.2) is 4.98 Å². The van der Waals surface area contributed by atoms with Crippen LogP contribution in [-0.4, -0.2) is 48.3 Å². The molecule has 1 saturated carbocycles. The number of anilines is 1. The van der Waals surface area contributed by atoms with E-state index in [4.69, 9.17) is 17.0 Å². The highest BCUT2D eigenvalue weighted by molar-refractivity contribution is 7.80. The minimum absolute atomic E-state index is 0.208. The molecule has 9 heteroatoms. The summed E-state index contributed by atoms with van der Waals surface area (Å²) in [5.74, 6) is 0.388. The van der Waals surface area contributed by atoms with Crippen LogP contribution in [0.1, 0.15) is 48.0 Å². The number of aromatic nitrogens is 1. The Hall–Kier alpha value is -1.45. The molecule has 7 nitrogen and oxygen atoms in total. The predicted molar refractivity (Wildman–Crippen MR) is 108 cm³/mol. The molecule has 1 saturated heterocycles. The van der Waals surface area contributed by atoms with E-state index < -0.39 is 0 Å². The van der Waals surface area contributed by atoms with Crippen molar-refractivity contribution in [1.82, 2.24) is 21.2 Å². The van der Waals surface area contributed by atoms with Crippen LogP contribution in [0.15, 0.2) is 0 Å².